The van der Waals surface area contributed by atoms with E-state index in [1.807, 2.05) is 0 Å². The molecule has 0 atom stereocenters. The van der Waals surface area contributed by atoms with Crippen LogP contribution in [0, 0.1) is 0 Å². The van der Waals surface area contributed by atoms with E-state index in [1.165, 1.54) is 10.4 Å². The monoisotopic (exact) mass is 183 g/mol. The summed E-state index contributed by atoms with van der Waals surface area (Å²) in [5, 5.41) is 0. The van der Waals surface area contributed by atoms with Crippen molar-refractivity contribution in [3.05, 3.63) is 24.3 Å². The van der Waals surface area contributed by atoms with Crippen molar-refractivity contribution >= 4 is 21.8 Å². The molecule has 3 nitrogen and oxygen atoms in total. The average Bonchev–Trinajstić information content (AvgIpc) is 1.94. The van der Waals surface area contributed by atoms with Gasteiger partial charge in [-0.3, -0.25) is 0 Å². The standard InChI is InChI=1S/C6H8N2.C2H9NSi/c7-5-1-2-6(8)4-3-5;1-3(2)4/h1-4H,7-8H2;1-2,4H3. The van der Waals surface area contributed by atoms with Gasteiger partial charge in [-0.25, -0.2) is 0 Å². The van der Waals surface area contributed by atoms with E-state index in [4.69, 9.17) is 11.5 Å². The third kappa shape index (κ3) is 7.11. The SMILES string of the molecule is CN(C)[SiH3].Nc1ccc(N)cc1. The maximum atomic E-state index is 5.37. The van der Waals surface area contributed by atoms with Crippen LogP contribution in [0.1, 0.15) is 0 Å². The Hall–Kier alpha value is -1.00. The zero-order valence-corrected chi connectivity index (χ0v) is 9.91. The first-order valence-electron chi connectivity index (χ1n) is 3.74. The van der Waals surface area contributed by atoms with Crippen LogP contribution in [0.3, 0.4) is 0 Å². The maximum Gasteiger partial charge on any atom is 0.0777 e. The fourth-order valence-corrected chi connectivity index (χ4v) is 0.496. The lowest BCUT2D eigenvalue weighted by Gasteiger charge is -1.90. The summed E-state index contributed by atoms with van der Waals surface area (Å²) in [4.78, 5) is 0. The molecule has 1 aromatic carbocycles. The Bertz CT molecular complexity index is 184. The van der Waals surface area contributed by atoms with Gasteiger partial charge in [-0.05, 0) is 38.4 Å². The normalized spacial score (nSPS) is 9.25. The van der Waals surface area contributed by atoms with Crippen molar-refractivity contribution in [2.24, 2.45) is 0 Å². The van der Waals surface area contributed by atoms with Gasteiger partial charge < -0.3 is 16.0 Å². The molecule has 0 fully saturated rings. The zero-order valence-electron chi connectivity index (χ0n) is 7.91. The van der Waals surface area contributed by atoms with Crippen LogP contribution >= 0.6 is 0 Å². The number of rotatable bonds is 0. The summed E-state index contributed by atoms with van der Waals surface area (Å²) in [5.74, 6) is 0. The molecule has 0 aliphatic carbocycles. The highest BCUT2D eigenvalue weighted by Crippen LogP contribution is 2.04. The molecule has 0 radical (unpaired) electrons. The van der Waals surface area contributed by atoms with E-state index in [0.717, 1.165) is 11.4 Å². The first-order chi connectivity index (χ1) is 5.52. The largest absolute Gasteiger partial charge is 0.399 e. The van der Waals surface area contributed by atoms with Crippen molar-refractivity contribution in [1.82, 2.24) is 4.57 Å². The van der Waals surface area contributed by atoms with Gasteiger partial charge in [0.1, 0.15) is 0 Å². The second kappa shape index (κ2) is 5.62. The van der Waals surface area contributed by atoms with Crippen LogP contribution in [0.5, 0.6) is 0 Å². The van der Waals surface area contributed by atoms with Crippen molar-refractivity contribution in [2.45, 2.75) is 0 Å². The first-order valence-corrected chi connectivity index (χ1v) is 4.63. The zero-order chi connectivity index (χ0) is 9.56. The molecule has 0 aliphatic heterocycles. The van der Waals surface area contributed by atoms with E-state index in [9.17, 15) is 0 Å². The minimum absolute atomic E-state index is 0.749. The Morgan fingerprint density at radius 1 is 1.00 bits per heavy atom. The second-order valence-corrected chi connectivity index (χ2v) is 4.80. The predicted molar refractivity (Wildman–Crippen MR) is 58.9 cm³/mol. The van der Waals surface area contributed by atoms with Crippen molar-refractivity contribution in [3.8, 4) is 0 Å². The highest BCUT2D eigenvalue weighted by atomic mass is 28.2. The van der Waals surface area contributed by atoms with Gasteiger partial charge in [-0.15, -0.1) is 0 Å². The number of benzene rings is 1. The fourth-order valence-electron chi connectivity index (χ4n) is 0.496. The summed E-state index contributed by atoms with van der Waals surface area (Å²) in [6.07, 6.45) is 0. The average molecular weight is 183 g/mol. The lowest BCUT2D eigenvalue weighted by atomic mass is 10.3. The molecule has 0 amide bonds. The van der Waals surface area contributed by atoms with E-state index in [-0.39, 0.29) is 0 Å². The topological polar surface area (TPSA) is 55.3 Å². The van der Waals surface area contributed by atoms with E-state index in [0.29, 0.717) is 0 Å². The van der Waals surface area contributed by atoms with Crippen molar-refractivity contribution in [1.29, 1.82) is 0 Å². The smallest absolute Gasteiger partial charge is 0.0777 e. The summed E-state index contributed by atoms with van der Waals surface area (Å²) in [5.41, 5.74) is 12.2. The molecule has 0 saturated carbocycles. The van der Waals surface area contributed by atoms with Crippen LogP contribution in [0.25, 0.3) is 0 Å². The van der Waals surface area contributed by atoms with Crippen LogP contribution in [0.15, 0.2) is 24.3 Å². The molecule has 0 heterocycles. The molecule has 4 heteroatoms. The molecule has 0 saturated heterocycles. The molecule has 0 aromatic heterocycles. The minimum atomic E-state index is 0.749. The number of nitrogens with zero attached hydrogens (tertiary/aromatic N) is 1. The van der Waals surface area contributed by atoms with Gasteiger partial charge in [0.25, 0.3) is 0 Å². The van der Waals surface area contributed by atoms with Gasteiger partial charge in [-0.2, -0.15) is 0 Å². The van der Waals surface area contributed by atoms with Gasteiger partial charge >= 0.3 is 0 Å². The number of nitrogens with two attached hydrogens (primary N) is 2. The van der Waals surface area contributed by atoms with E-state index in [2.05, 4.69) is 18.7 Å². The molecule has 0 spiro atoms. The summed E-state index contributed by atoms with van der Waals surface area (Å²) >= 11 is 0. The van der Waals surface area contributed by atoms with Crippen LogP contribution in [-0.4, -0.2) is 29.1 Å². The fraction of sp³-hybridized carbons (Fsp3) is 0.250. The molecular weight excluding hydrogens is 166 g/mol. The molecule has 0 aliphatic rings. The van der Waals surface area contributed by atoms with Crippen molar-refractivity contribution < 1.29 is 0 Å². The highest BCUT2D eigenvalue weighted by molar-refractivity contribution is 6.03. The molecule has 4 N–H and O–H groups in total. The maximum absolute atomic E-state index is 5.37. The summed E-state index contributed by atoms with van der Waals surface area (Å²) in [6.45, 7) is 0. The van der Waals surface area contributed by atoms with E-state index < -0.39 is 0 Å². The van der Waals surface area contributed by atoms with E-state index >= 15 is 0 Å². The minimum Gasteiger partial charge on any atom is -0.399 e. The van der Waals surface area contributed by atoms with Crippen LogP contribution in [-0.2, 0) is 0 Å². The quantitative estimate of drug-likeness (QED) is 0.428. The Labute approximate surface area is 76.9 Å². The molecule has 68 valence electrons. The number of hydrogen-bond acceptors (Lipinski definition) is 3. The number of nitrogen functional groups attached to an aromatic ring is 2. The summed E-state index contributed by atoms with van der Waals surface area (Å²) < 4.78 is 2.14. The molecule has 1 rings (SSSR count). The van der Waals surface area contributed by atoms with Crippen molar-refractivity contribution in [3.63, 3.8) is 0 Å². The first kappa shape index (κ1) is 11.0. The lowest BCUT2D eigenvalue weighted by Crippen LogP contribution is -2.02. The Kier molecular flexibility index (Phi) is 5.15. The Morgan fingerprint density at radius 3 is 1.33 bits per heavy atom. The van der Waals surface area contributed by atoms with Gasteiger partial charge in [-0.1, -0.05) is 0 Å². The molecule has 0 bridgehead atoms. The number of hydrogen-bond donors (Lipinski definition) is 2. The summed E-state index contributed by atoms with van der Waals surface area (Å²) in [6, 6.07) is 7.09. The van der Waals surface area contributed by atoms with Crippen LogP contribution in [0.2, 0.25) is 0 Å². The lowest BCUT2D eigenvalue weighted by molar-refractivity contribution is 0.679. The Balaban J connectivity index is 0.000000261. The van der Waals surface area contributed by atoms with Gasteiger partial charge in [0, 0.05) is 11.4 Å². The summed E-state index contributed by atoms with van der Waals surface area (Å²) in [7, 11) is 5.31. The third-order valence-corrected chi connectivity index (χ3v) is 0.936. The van der Waals surface area contributed by atoms with Gasteiger partial charge in [0.2, 0.25) is 0 Å². The van der Waals surface area contributed by atoms with Gasteiger partial charge in [0.05, 0.1) is 10.4 Å². The second-order valence-electron chi connectivity index (χ2n) is 3.01. The van der Waals surface area contributed by atoms with Crippen molar-refractivity contribution in [2.75, 3.05) is 25.6 Å². The molecule has 12 heavy (non-hydrogen) atoms. The highest BCUT2D eigenvalue weighted by Gasteiger charge is 1.80. The van der Waals surface area contributed by atoms with Crippen LogP contribution < -0.4 is 11.5 Å². The van der Waals surface area contributed by atoms with Crippen LogP contribution in [0.4, 0.5) is 11.4 Å². The van der Waals surface area contributed by atoms with Gasteiger partial charge in [0.15, 0.2) is 0 Å². The third-order valence-electron chi connectivity index (χ3n) is 0.936. The molecule has 1 aromatic rings. The van der Waals surface area contributed by atoms with E-state index in [1.54, 1.807) is 24.3 Å². The molecule has 0 unspecified atom stereocenters. The molecular formula is C8H17N3Si. The Morgan fingerprint density at radius 2 is 1.17 bits per heavy atom. The predicted octanol–water partition coefficient (Wildman–Crippen LogP) is -0.321. The number of anilines is 2.